The van der Waals surface area contributed by atoms with Gasteiger partial charge in [-0.3, -0.25) is 5.10 Å². The molecule has 3 heterocycles. The lowest BCUT2D eigenvalue weighted by Gasteiger charge is -2.10. The molecule has 0 amide bonds. The molecule has 1 aromatic carbocycles. The van der Waals surface area contributed by atoms with E-state index in [9.17, 15) is 0 Å². The maximum absolute atomic E-state index is 5.40. The summed E-state index contributed by atoms with van der Waals surface area (Å²) in [6.07, 6.45) is 4.47. The van der Waals surface area contributed by atoms with E-state index >= 15 is 0 Å². The highest BCUT2D eigenvalue weighted by Crippen LogP contribution is 2.20. The minimum Gasteiger partial charge on any atom is -0.360 e. The molecule has 0 bridgehead atoms. The highest BCUT2D eigenvalue weighted by molar-refractivity contribution is 5.54. The first-order chi connectivity index (χ1) is 14.2. The summed E-state index contributed by atoms with van der Waals surface area (Å²) in [6, 6.07) is 14.1. The minimum atomic E-state index is -0.0575. The van der Waals surface area contributed by atoms with Gasteiger partial charge in [-0.2, -0.15) is 10.1 Å². The number of H-pyrrole nitrogens is 1. The average molecular weight is 389 g/mol. The van der Waals surface area contributed by atoms with Gasteiger partial charge in [0.1, 0.15) is 11.6 Å². The quantitative estimate of drug-likeness (QED) is 0.471. The fraction of sp³-hybridized carbons (Fsp3) is 0.286. The Morgan fingerprint density at radius 1 is 1.07 bits per heavy atom. The largest absolute Gasteiger partial charge is 0.360 e. The van der Waals surface area contributed by atoms with Crippen LogP contribution < -0.4 is 5.32 Å². The van der Waals surface area contributed by atoms with Crippen molar-refractivity contribution in [3.8, 4) is 11.5 Å². The minimum absolute atomic E-state index is 0.0575. The third kappa shape index (κ3) is 4.84. The first-order valence-electron chi connectivity index (χ1n) is 9.66. The number of aryl methyl sites for hydroxylation is 3. The zero-order valence-electron chi connectivity index (χ0n) is 16.5. The van der Waals surface area contributed by atoms with Crippen molar-refractivity contribution >= 4 is 5.82 Å². The Balaban J connectivity index is 1.33. The van der Waals surface area contributed by atoms with Crippen LogP contribution in [0.5, 0.6) is 0 Å². The van der Waals surface area contributed by atoms with Gasteiger partial charge in [-0.05, 0) is 44.4 Å². The predicted molar refractivity (Wildman–Crippen MR) is 109 cm³/mol. The van der Waals surface area contributed by atoms with Crippen molar-refractivity contribution in [2.24, 2.45) is 0 Å². The van der Waals surface area contributed by atoms with Crippen molar-refractivity contribution in [2.45, 2.75) is 39.2 Å². The molecule has 0 saturated heterocycles. The summed E-state index contributed by atoms with van der Waals surface area (Å²) in [6.45, 7) is 3.86. The SMILES string of the molecule is Cc1nc([C@@H](C)Nc2ccc(-c3nc(CCCc4ccccc4)no3)cn2)n[nH]1. The number of hydrogen-bond acceptors (Lipinski definition) is 7. The van der Waals surface area contributed by atoms with E-state index in [4.69, 9.17) is 4.52 Å². The molecular weight excluding hydrogens is 366 g/mol. The van der Waals surface area contributed by atoms with Gasteiger partial charge in [0, 0.05) is 12.6 Å². The maximum atomic E-state index is 5.40. The molecule has 3 aromatic heterocycles. The lowest BCUT2D eigenvalue weighted by atomic mass is 10.1. The third-order valence-electron chi connectivity index (χ3n) is 4.55. The molecule has 4 aromatic rings. The highest BCUT2D eigenvalue weighted by atomic mass is 16.5. The van der Waals surface area contributed by atoms with Gasteiger partial charge < -0.3 is 9.84 Å². The highest BCUT2D eigenvalue weighted by Gasteiger charge is 2.13. The van der Waals surface area contributed by atoms with Gasteiger partial charge in [0.25, 0.3) is 5.89 Å². The van der Waals surface area contributed by atoms with Crippen LogP contribution in [0.2, 0.25) is 0 Å². The standard InChI is InChI=1S/C21H23N7O/c1-14(20-24-15(2)26-27-20)23-18-12-11-17(13-22-18)21-25-19(28-29-21)10-6-9-16-7-4-3-5-8-16/h3-5,7-8,11-14H,6,9-10H2,1-2H3,(H,22,23)(H,24,26,27)/t14-/m1/s1. The zero-order chi connectivity index (χ0) is 20.1. The van der Waals surface area contributed by atoms with Crippen LogP contribution in [0.1, 0.15) is 42.4 Å². The molecule has 148 valence electrons. The van der Waals surface area contributed by atoms with Crippen LogP contribution in [0, 0.1) is 6.92 Å². The summed E-state index contributed by atoms with van der Waals surface area (Å²) in [7, 11) is 0. The summed E-state index contributed by atoms with van der Waals surface area (Å²) >= 11 is 0. The van der Waals surface area contributed by atoms with Crippen LogP contribution in [-0.2, 0) is 12.8 Å². The summed E-state index contributed by atoms with van der Waals surface area (Å²) < 4.78 is 5.40. The van der Waals surface area contributed by atoms with Crippen LogP contribution >= 0.6 is 0 Å². The number of benzene rings is 1. The van der Waals surface area contributed by atoms with Gasteiger partial charge in [-0.25, -0.2) is 9.97 Å². The first kappa shape index (κ1) is 18.8. The molecule has 0 radical (unpaired) electrons. The molecule has 2 N–H and O–H groups in total. The molecule has 4 rings (SSSR count). The average Bonchev–Trinajstić information content (AvgIpc) is 3.39. The number of aromatic amines is 1. The Kier molecular flexibility index (Phi) is 5.60. The van der Waals surface area contributed by atoms with E-state index in [1.54, 1.807) is 6.20 Å². The molecule has 0 spiro atoms. The first-order valence-corrected chi connectivity index (χ1v) is 9.66. The van der Waals surface area contributed by atoms with Crippen molar-refractivity contribution in [3.05, 3.63) is 71.7 Å². The van der Waals surface area contributed by atoms with Gasteiger partial charge in [0.05, 0.1) is 11.6 Å². The Morgan fingerprint density at radius 2 is 1.93 bits per heavy atom. The Hall–Kier alpha value is -3.55. The second-order valence-corrected chi connectivity index (χ2v) is 6.93. The van der Waals surface area contributed by atoms with E-state index < -0.39 is 0 Å². The third-order valence-corrected chi connectivity index (χ3v) is 4.55. The normalized spacial score (nSPS) is 12.1. The molecule has 0 saturated carbocycles. The number of hydrogen-bond donors (Lipinski definition) is 2. The number of nitrogens with one attached hydrogen (secondary N) is 2. The molecule has 29 heavy (non-hydrogen) atoms. The second-order valence-electron chi connectivity index (χ2n) is 6.93. The number of nitrogens with zero attached hydrogens (tertiary/aromatic N) is 5. The van der Waals surface area contributed by atoms with E-state index in [0.29, 0.717) is 17.5 Å². The monoisotopic (exact) mass is 389 g/mol. The van der Waals surface area contributed by atoms with Crippen molar-refractivity contribution in [3.63, 3.8) is 0 Å². The Labute approximate surface area is 168 Å². The van der Waals surface area contributed by atoms with Crippen LogP contribution in [0.3, 0.4) is 0 Å². The summed E-state index contributed by atoms with van der Waals surface area (Å²) in [4.78, 5) is 13.3. The van der Waals surface area contributed by atoms with E-state index in [2.05, 4.69) is 59.9 Å². The molecule has 0 unspecified atom stereocenters. The molecule has 0 aliphatic carbocycles. The van der Waals surface area contributed by atoms with Gasteiger partial charge in [0.15, 0.2) is 11.6 Å². The Bertz CT molecular complexity index is 1040. The topological polar surface area (TPSA) is 105 Å². The maximum Gasteiger partial charge on any atom is 0.259 e. The Morgan fingerprint density at radius 3 is 2.66 bits per heavy atom. The zero-order valence-corrected chi connectivity index (χ0v) is 16.5. The number of anilines is 1. The van der Waals surface area contributed by atoms with Crippen LogP contribution in [0.25, 0.3) is 11.5 Å². The van der Waals surface area contributed by atoms with Crippen molar-refractivity contribution in [1.82, 2.24) is 30.3 Å². The van der Waals surface area contributed by atoms with Gasteiger partial charge in [-0.1, -0.05) is 35.5 Å². The lowest BCUT2D eigenvalue weighted by molar-refractivity contribution is 0.421. The lowest BCUT2D eigenvalue weighted by Crippen LogP contribution is -2.09. The molecule has 8 heteroatoms. The molecule has 1 atom stereocenters. The number of rotatable bonds is 8. The number of aromatic nitrogens is 6. The summed E-state index contributed by atoms with van der Waals surface area (Å²) in [5.74, 6) is 3.41. The van der Waals surface area contributed by atoms with E-state index in [1.165, 1.54) is 5.56 Å². The van der Waals surface area contributed by atoms with Crippen LogP contribution in [0.15, 0.2) is 53.2 Å². The van der Waals surface area contributed by atoms with Gasteiger partial charge in [-0.15, -0.1) is 0 Å². The van der Waals surface area contributed by atoms with E-state index in [0.717, 1.165) is 36.5 Å². The summed E-state index contributed by atoms with van der Waals surface area (Å²) in [5.41, 5.74) is 2.11. The molecule has 8 nitrogen and oxygen atoms in total. The van der Waals surface area contributed by atoms with Crippen molar-refractivity contribution < 1.29 is 4.52 Å². The summed E-state index contributed by atoms with van der Waals surface area (Å²) in [5, 5.41) is 14.4. The fourth-order valence-corrected chi connectivity index (χ4v) is 3.01. The van der Waals surface area contributed by atoms with Crippen molar-refractivity contribution in [2.75, 3.05) is 5.32 Å². The van der Waals surface area contributed by atoms with Gasteiger partial charge in [0.2, 0.25) is 0 Å². The van der Waals surface area contributed by atoms with Crippen molar-refractivity contribution in [1.29, 1.82) is 0 Å². The van der Waals surface area contributed by atoms with Gasteiger partial charge >= 0.3 is 0 Å². The molecular formula is C21H23N7O. The fourth-order valence-electron chi connectivity index (χ4n) is 3.01. The van der Waals surface area contributed by atoms with Crippen LogP contribution in [0.4, 0.5) is 5.82 Å². The second kappa shape index (κ2) is 8.64. The smallest absolute Gasteiger partial charge is 0.259 e. The molecule has 0 aliphatic rings. The molecule has 0 aliphatic heterocycles. The molecule has 0 fully saturated rings. The van der Waals surface area contributed by atoms with E-state index in [-0.39, 0.29) is 6.04 Å². The van der Waals surface area contributed by atoms with Crippen LogP contribution in [-0.4, -0.2) is 30.3 Å². The predicted octanol–water partition coefficient (Wildman–Crippen LogP) is 3.91. The number of pyridine rings is 1. The van der Waals surface area contributed by atoms with E-state index in [1.807, 2.05) is 32.0 Å².